The maximum Gasteiger partial charge on any atom is 0.110 e. The second-order valence-electron chi connectivity index (χ2n) is 3.36. The topological polar surface area (TPSA) is 133 Å². The summed E-state index contributed by atoms with van der Waals surface area (Å²) < 4.78 is 0. The van der Waals surface area contributed by atoms with Crippen LogP contribution >= 0.6 is 0 Å². The van der Waals surface area contributed by atoms with Gasteiger partial charge in [-0.1, -0.05) is 0 Å². The summed E-state index contributed by atoms with van der Waals surface area (Å²) in [5, 5.41) is 56.6. The van der Waals surface area contributed by atoms with E-state index in [0.717, 1.165) is 0 Å². The van der Waals surface area contributed by atoms with Crippen LogP contribution in [-0.4, -0.2) is 74.4 Å². The summed E-state index contributed by atoms with van der Waals surface area (Å²) in [5.41, 5.74) is 0. The van der Waals surface area contributed by atoms with Gasteiger partial charge in [0.1, 0.15) is 24.5 Å². The molecule has 0 saturated carbocycles. The Kier molecular flexibility index (Phi) is 6.94. The van der Waals surface area contributed by atoms with Gasteiger partial charge in [-0.05, 0) is 6.92 Å². The van der Waals surface area contributed by atoms with Gasteiger partial charge in [0.15, 0.2) is 0 Å². The van der Waals surface area contributed by atoms with E-state index in [-0.39, 0.29) is 0 Å². The summed E-state index contributed by atoms with van der Waals surface area (Å²) >= 11 is 0. The number of nitrogens with one attached hydrogen (secondary N) is 1. The lowest BCUT2D eigenvalue weighted by Gasteiger charge is -2.29. The molecule has 7 N–H and O–H groups in total. The highest BCUT2D eigenvalue weighted by Crippen LogP contribution is 2.05. The molecule has 0 spiro atoms. The van der Waals surface area contributed by atoms with Crippen LogP contribution in [0, 0.1) is 0 Å². The molecule has 0 aliphatic rings. The highest BCUT2D eigenvalue weighted by molar-refractivity contribution is 4.85. The van der Waals surface area contributed by atoms with Crippen molar-refractivity contribution in [1.29, 1.82) is 0 Å². The van der Waals surface area contributed by atoms with Gasteiger partial charge in [-0.3, -0.25) is 5.32 Å². The number of rotatable bonds is 7. The van der Waals surface area contributed by atoms with Crippen molar-refractivity contribution >= 4 is 0 Å². The third-order valence-electron chi connectivity index (χ3n) is 2.00. The second kappa shape index (κ2) is 7.07. The SMILES string of the molecule is CC(O)NC(CO)C(O)C(O)C(O)CO. The van der Waals surface area contributed by atoms with E-state index in [0.29, 0.717) is 0 Å². The van der Waals surface area contributed by atoms with Gasteiger partial charge in [-0.2, -0.15) is 0 Å². The van der Waals surface area contributed by atoms with Crippen molar-refractivity contribution in [3.8, 4) is 0 Å². The van der Waals surface area contributed by atoms with Crippen LogP contribution in [0.4, 0.5) is 0 Å². The van der Waals surface area contributed by atoms with Crippen LogP contribution < -0.4 is 5.32 Å². The Balaban J connectivity index is 4.29. The maximum absolute atomic E-state index is 9.47. The summed E-state index contributed by atoms with van der Waals surface area (Å²) in [6.45, 7) is 0.149. The standard InChI is InChI=1S/C8H19NO6/c1-4(12)9-5(2-10)7(14)8(15)6(13)3-11/h4-15H,2-3H2,1H3. The molecule has 0 aromatic carbocycles. The zero-order valence-corrected chi connectivity index (χ0v) is 8.48. The van der Waals surface area contributed by atoms with E-state index in [1.807, 2.05) is 0 Å². The van der Waals surface area contributed by atoms with Gasteiger partial charge < -0.3 is 30.6 Å². The summed E-state index contributed by atoms with van der Waals surface area (Å²) in [4.78, 5) is 0. The first-order valence-corrected chi connectivity index (χ1v) is 4.64. The Morgan fingerprint density at radius 3 is 1.80 bits per heavy atom. The molecule has 0 amide bonds. The zero-order valence-electron chi connectivity index (χ0n) is 8.48. The fourth-order valence-electron chi connectivity index (χ4n) is 1.14. The van der Waals surface area contributed by atoms with Crippen molar-refractivity contribution < 1.29 is 30.6 Å². The average molecular weight is 225 g/mol. The van der Waals surface area contributed by atoms with E-state index >= 15 is 0 Å². The molecule has 7 heteroatoms. The lowest BCUT2D eigenvalue weighted by Crippen LogP contribution is -2.54. The smallest absolute Gasteiger partial charge is 0.110 e. The molecule has 0 aliphatic carbocycles. The molecule has 0 heterocycles. The highest BCUT2D eigenvalue weighted by Gasteiger charge is 2.31. The molecule has 0 aromatic heterocycles. The molecule has 15 heavy (non-hydrogen) atoms. The van der Waals surface area contributed by atoms with Crippen LogP contribution in [0.1, 0.15) is 6.92 Å². The van der Waals surface area contributed by atoms with E-state index in [4.69, 9.17) is 20.4 Å². The first-order chi connectivity index (χ1) is 6.93. The van der Waals surface area contributed by atoms with Gasteiger partial charge >= 0.3 is 0 Å². The second-order valence-corrected chi connectivity index (χ2v) is 3.36. The third kappa shape index (κ3) is 4.85. The lowest BCUT2D eigenvalue weighted by molar-refractivity contribution is -0.0964. The molecule has 5 atom stereocenters. The van der Waals surface area contributed by atoms with Crippen molar-refractivity contribution in [2.24, 2.45) is 0 Å². The minimum Gasteiger partial charge on any atom is -0.395 e. The molecule has 0 aliphatic heterocycles. The third-order valence-corrected chi connectivity index (χ3v) is 2.00. The van der Waals surface area contributed by atoms with Gasteiger partial charge in [0, 0.05) is 0 Å². The number of aliphatic hydroxyl groups is 6. The van der Waals surface area contributed by atoms with Gasteiger partial charge in [0.2, 0.25) is 0 Å². The van der Waals surface area contributed by atoms with Crippen molar-refractivity contribution in [2.45, 2.75) is 37.5 Å². The van der Waals surface area contributed by atoms with E-state index in [1.54, 1.807) is 0 Å². The molecule has 92 valence electrons. The quantitative estimate of drug-likeness (QED) is 0.222. The Labute approximate surface area is 87.6 Å². The van der Waals surface area contributed by atoms with Crippen LogP contribution in [0.2, 0.25) is 0 Å². The van der Waals surface area contributed by atoms with E-state index in [9.17, 15) is 10.2 Å². The molecular weight excluding hydrogens is 206 g/mol. The number of aliphatic hydroxyl groups excluding tert-OH is 6. The molecule has 0 bridgehead atoms. The Morgan fingerprint density at radius 2 is 1.47 bits per heavy atom. The van der Waals surface area contributed by atoms with Gasteiger partial charge in [-0.25, -0.2) is 0 Å². The molecule has 0 rings (SSSR count). The summed E-state index contributed by atoms with van der Waals surface area (Å²) in [6, 6.07) is -0.985. The van der Waals surface area contributed by atoms with E-state index in [1.165, 1.54) is 6.92 Å². The first kappa shape index (κ1) is 14.7. The summed E-state index contributed by atoms with van der Waals surface area (Å²) in [6.07, 6.45) is -5.56. The minimum atomic E-state index is -1.60. The predicted octanol–water partition coefficient (Wildman–Crippen LogP) is -3.65. The maximum atomic E-state index is 9.47. The van der Waals surface area contributed by atoms with Crippen molar-refractivity contribution in [2.75, 3.05) is 13.2 Å². The Hall–Kier alpha value is -0.280. The van der Waals surface area contributed by atoms with Crippen LogP contribution in [0.3, 0.4) is 0 Å². The lowest BCUT2D eigenvalue weighted by atomic mass is 10.0. The fourth-order valence-corrected chi connectivity index (χ4v) is 1.14. The average Bonchev–Trinajstić information content (AvgIpc) is 2.22. The largest absolute Gasteiger partial charge is 0.395 e. The Morgan fingerprint density at radius 1 is 0.933 bits per heavy atom. The van der Waals surface area contributed by atoms with Crippen LogP contribution in [0.5, 0.6) is 0 Å². The molecule has 7 nitrogen and oxygen atoms in total. The van der Waals surface area contributed by atoms with Gasteiger partial charge in [0.25, 0.3) is 0 Å². The van der Waals surface area contributed by atoms with E-state index < -0.39 is 43.8 Å². The van der Waals surface area contributed by atoms with Gasteiger partial charge in [0.05, 0.1) is 19.3 Å². The van der Waals surface area contributed by atoms with Crippen molar-refractivity contribution in [1.82, 2.24) is 5.32 Å². The minimum absolute atomic E-state index is 0.527. The molecule has 0 aromatic rings. The Bertz CT molecular complexity index is 167. The van der Waals surface area contributed by atoms with Crippen molar-refractivity contribution in [3.63, 3.8) is 0 Å². The van der Waals surface area contributed by atoms with Gasteiger partial charge in [-0.15, -0.1) is 0 Å². The predicted molar refractivity (Wildman–Crippen MR) is 50.8 cm³/mol. The molecule has 5 unspecified atom stereocenters. The molecule has 0 saturated heterocycles. The number of hydrogen-bond donors (Lipinski definition) is 7. The normalized spacial score (nSPS) is 21.8. The highest BCUT2D eigenvalue weighted by atomic mass is 16.4. The van der Waals surface area contributed by atoms with Crippen molar-refractivity contribution in [3.05, 3.63) is 0 Å². The monoisotopic (exact) mass is 225 g/mol. The fraction of sp³-hybridized carbons (Fsp3) is 1.00. The van der Waals surface area contributed by atoms with Crippen LogP contribution in [-0.2, 0) is 0 Å². The first-order valence-electron chi connectivity index (χ1n) is 4.64. The van der Waals surface area contributed by atoms with E-state index in [2.05, 4.69) is 5.32 Å². The summed E-state index contributed by atoms with van der Waals surface area (Å²) in [5.74, 6) is 0. The summed E-state index contributed by atoms with van der Waals surface area (Å²) in [7, 11) is 0. The number of hydrogen-bond acceptors (Lipinski definition) is 7. The zero-order chi connectivity index (χ0) is 12.0. The van der Waals surface area contributed by atoms with Crippen LogP contribution in [0.15, 0.2) is 0 Å². The molecule has 0 fully saturated rings. The molecular formula is C8H19NO6. The molecule has 0 radical (unpaired) electrons. The van der Waals surface area contributed by atoms with Crippen LogP contribution in [0.25, 0.3) is 0 Å².